The number of aromatic carboxylic acids is 1. The molecule has 0 spiro atoms. The Bertz CT molecular complexity index is 478. The lowest BCUT2D eigenvalue weighted by Crippen LogP contribution is -2.42. The number of carboxylic acid groups (broad SMARTS) is 1. The van der Waals surface area contributed by atoms with Crippen molar-refractivity contribution in [3.63, 3.8) is 0 Å². The summed E-state index contributed by atoms with van der Waals surface area (Å²) in [7, 11) is 1.75. The molecule has 2 amide bonds. The SMILES string of the molecule is CCC(CC)N(C)C(=O)NCc1cc(C(=O)O)c(C)o1. The highest BCUT2D eigenvalue weighted by molar-refractivity contribution is 5.88. The minimum Gasteiger partial charge on any atom is -0.478 e. The van der Waals surface area contributed by atoms with E-state index in [1.165, 1.54) is 6.07 Å². The van der Waals surface area contributed by atoms with Gasteiger partial charge in [0, 0.05) is 13.1 Å². The van der Waals surface area contributed by atoms with E-state index in [1.807, 2.05) is 13.8 Å². The number of urea groups is 1. The molecular weight excluding hydrogens is 260 g/mol. The summed E-state index contributed by atoms with van der Waals surface area (Å²) in [4.78, 5) is 24.5. The maximum absolute atomic E-state index is 12.0. The zero-order chi connectivity index (χ0) is 15.3. The van der Waals surface area contributed by atoms with Gasteiger partial charge in [-0.25, -0.2) is 9.59 Å². The third-order valence-electron chi connectivity index (χ3n) is 3.42. The van der Waals surface area contributed by atoms with Gasteiger partial charge in [-0.3, -0.25) is 0 Å². The van der Waals surface area contributed by atoms with Crippen molar-refractivity contribution in [2.24, 2.45) is 0 Å². The number of aryl methyl sites for hydroxylation is 1. The Morgan fingerprint density at radius 2 is 2.00 bits per heavy atom. The van der Waals surface area contributed by atoms with Gasteiger partial charge in [0.25, 0.3) is 0 Å². The highest BCUT2D eigenvalue weighted by atomic mass is 16.4. The molecule has 6 heteroatoms. The van der Waals surface area contributed by atoms with Gasteiger partial charge in [0.1, 0.15) is 17.1 Å². The molecule has 20 heavy (non-hydrogen) atoms. The molecule has 0 aromatic carbocycles. The summed E-state index contributed by atoms with van der Waals surface area (Å²) in [5.41, 5.74) is 0.127. The predicted octanol–water partition coefficient (Wildman–Crippen LogP) is 2.62. The van der Waals surface area contributed by atoms with Crippen molar-refractivity contribution in [1.82, 2.24) is 10.2 Å². The van der Waals surface area contributed by atoms with E-state index in [4.69, 9.17) is 9.52 Å². The van der Waals surface area contributed by atoms with Crippen molar-refractivity contribution < 1.29 is 19.1 Å². The van der Waals surface area contributed by atoms with Gasteiger partial charge in [0.15, 0.2) is 0 Å². The molecule has 0 aliphatic rings. The van der Waals surface area contributed by atoms with E-state index < -0.39 is 5.97 Å². The van der Waals surface area contributed by atoms with Crippen LogP contribution in [0.5, 0.6) is 0 Å². The van der Waals surface area contributed by atoms with Gasteiger partial charge < -0.3 is 19.7 Å². The molecule has 6 nitrogen and oxygen atoms in total. The second-order valence-electron chi connectivity index (χ2n) is 4.73. The zero-order valence-corrected chi connectivity index (χ0v) is 12.4. The Labute approximate surface area is 118 Å². The first-order valence-electron chi connectivity index (χ1n) is 6.73. The number of carbonyl (C=O) groups excluding carboxylic acids is 1. The fraction of sp³-hybridized carbons (Fsp3) is 0.571. The van der Waals surface area contributed by atoms with Gasteiger partial charge in [-0.1, -0.05) is 13.8 Å². The molecule has 0 radical (unpaired) electrons. The number of hydrogen-bond donors (Lipinski definition) is 2. The monoisotopic (exact) mass is 282 g/mol. The van der Waals surface area contributed by atoms with Gasteiger partial charge in [0.05, 0.1) is 6.54 Å². The molecule has 2 N–H and O–H groups in total. The molecule has 0 fully saturated rings. The maximum atomic E-state index is 12.0. The summed E-state index contributed by atoms with van der Waals surface area (Å²) < 4.78 is 5.31. The van der Waals surface area contributed by atoms with Crippen LogP contribution in [-0.4, -0.2) is 35.1 Å². The Kier molecular flexibility index (Phi) is 5.61. The maximum Gasteiger partial charge on any atom is 0.339 e. The van der Waals surface area contributed by atoms with Crippen LogP contribution in [0.25, 0.3) is 0 Å². The van der Waals surface area contributed by atoms with Crippen LogP contribution in [0.3, 0.4) is 0 Å². The summed E-state index contributed by atoms with van der Waals surface area (Å²) in [5, 5.41) is 11.7. The van der Waals surface area contributed by atoms with E-state index in [1.54, 1.807) is 18.9 Å². The molecule has 0 aliphatic carbocycles. The van der Waals surface area contributed by atoms with Gasteiger partial charge >= 0.3 is 12.0 Å². The smallest absolute Gasteiger partial charge is 0.339 e. The topological polar surface area (TPSA) is 82.8 Å². The van der Waals surface area contributed by atoms with Gasteiger partial charge in [-0.15, -0.1) is 0 Å². The minimum absolute atomic E-state index is 0.127. The highest BCUT2D eigenvalue weighted by Crippen LogP contribution is 2.14. The number of nitrogens with zero attached hydrogens (tertiary/aromatic N) is 1. The summed E-state index contributed by atoms with van der Waals surface area (Å²) in [6, 6.07) is 1.45. The van der Waals surface area contributed by atoms with Crippen LogP contribution in [0, 0.1) is 6.92 Å². The average molecular weight is 282 g/mol. The largest absolute Gasteiger partial charge is 0.478 e. The fourth-order valence-electron chi connectivity index (χ4n) is 2.13. The summed E-state index contributed by atoms with van der Waals surface area (Å²) >= 11 is 0. The molecule has 0 aliphatic heterocycles. The Morgan fingerprint density at radius 3 is 2.45 bits per heavy atom. The molecule has 1 aromatic heterocycles. The van der Waals surface area contributed by atoms with Gasteiger partial charge in [-0.2, -0.15) is 0 Å². The van der Waals surface area contributed by atoms with Crippen LogP contribution in [0.1, 0.15) is 48.6 Å². The van der Waals surface area contributed by atoms with Crippen molar-refractivity contribution in [3.05, 3.63) is 23.2 Å². The van der Waals surface area contributed by atoms with Crippen LogP contribution >= 0.6 is 0 Å². The third-order valence-corrected chi connectivity index (χ3v) is 3.42. The second kappa shape index (κ2) is 6.98. The van der Waals surface area contributed by atoms with Crippen molar-refractivity contribution >= 4 is 12.0 Å². The molecule has 1 heterocycles. The summed E-state index contributed by atoms with van der Waals surface area (Å²) in [6.45, 7) is 5.84. The third kappa shape index (κ3) is 3.76. The minimum atomic E-state index is -1.03. The molecule has 1 aromatic rings. The molecule has 112 valence electrons. The average Bonchev–Trinajstić information content (AvgIpc) is 2.78. The number of carbonyl (C=O) groups is 2. The van der Waals surface area contributed by atoms with Gasteiger partial charge in [-0.05, 0) is 25.8 Å². The van der Waals surface area contributed by atoms with E-state index in [-0.39, 0.29) is 24.2 Å². The molecule has 0 saturated heterocycles. The Morgan fingerprint density at radius 1 is 1.40 bits per heavy atom. The van der Waals surface area contributed by atoms with Crippen LogP contribution in [0.15, 0.2) is 10.5 Å². The second-order valence-corrected chi connectivity index (χ2v) is 4.73. The lowest BCUT2D eigenvalue weighted by Gasteiger charge is -2.26. The number of furan rings is 1. The number of nitrogens with one attached hydrogen (secondary N) is 1. The van der Waals surface area contributed by atoms with Crippen LogP contribution < -0.4 is 5.32 Å². The lowest BCUT2D eigenvalue weighted by atomic mass is 10.1. The number of amides is 2. The predicted molar refractivity (Wildman–Crippen MR) is 74.8 cm³/mol. The molecular formula is C14H22N2O4. The Balaban J connectivity index is 2.61. The zero-order valence-electron chi connectivity index (χ0n) is 12.4. The van der Waals surface area contributed by atoms with Gasteiger partial charge in [0.2, 0.25) is 0 Å². The fourth-order valence-corrected chi connectivity index (χ4v) is 2.13. The van der Waals surface area contributed by atoms with Crippen molar-refractivity contribution in [2.75, 3.05) is 7.05 Å². The number of hydrogen-bond acceptors (Lipinski definition) is 3. The first kappa shape index (κ1) is 16.1. The number of carboxylic acids is 1. The highest BCUT2D eigenvalue weighted by Gasteiger charge is 2.18. The van der Waals surface area contributed by atoms with Crippen molar-refractivity contribution in [1.29, 1.82) is 0 Å². The molecule has 0 unspecified atom stereocenters. The van der Waals surface area contributed by atoms with E-state index >= 15 is 0 Å². The normalized spacial score (nSPS) is 10.7. The Hall–Kier alpha value is -1.98. The number of rotatable bonds is 6. The molecule has 0 bridgehead atoms. The first-order chi connectivity index (χ1) is 9.40. The quantitative estimate of drug-likeness (QED) is 0.840. The summed E-state index contributed by atoms with van der Waals surface area (Å²) in [5.74, 6) is -0.251. The van der Waals surface area contributed by atoms with Crippen LogP contribution in [0.2, 0.25) is 0 Å². The summed E-state index contributed by atoms with van der Waals surface area (Å²) in [6.07, 6.45) is 1.78. The molecule has 0 atom stereocenters. The van der Waals surface area contributed by atoms with Crippen molar-refractivity contribution in [2.45, 2.75) is 46.2 Å². The van der Waals surface area contributed by atoms with Crippen molar-refractivity contribution in [3.8, 4) is 0 Å². The lowest BCUT2D eigenvalue weighted by molar-refractivity contribution is 0.0695. The van der Waals surface area contributed by atoms with E-state index in [9.17, 15) is 9.59 Å². The first-order valence-corrected chi connectivity index (χ1v) is 6.73. The standard InChI is InChI=1S/C14H22N2O4/c1-5-10(6-2)16(4)14(19)15-8-11-7-12(13(17)18)9(3)20-11/h7,10H,5-6,8H2,1-4H3,(H,15,19)(H,17,18). The van der Waals surface area contributed by atoms with E-state index in [0.29, 0.717) is 11.5 Å². The molecule has 1 rings (SSSR count). The van der Waals surface area contributed by atoms with Crippen LogP contribution in [0.4, 0.5) is 4.79 Å². The van der Waals surface area contributed by atoms with Crippen LogP contribution in [-0.2, 0) is 6.54 Å². The molecule has 0 saturated carbocycles. The van der Waals surface area contributed by atoms with E-state index in [0.717, 1.165) is 12.8 Å². The van der Waals surface area contributed by atoms with E-state index in [2.05, 4.69) is 5.32 Å².